The molecule has 3 heterocycles. The van der Waals surface area contributed by atoms with Gasteiger partial charge in [-0.2, -0.15) is 4.98 Å². The number of guanidine groups is 1. The SMILES string of the molecule is CCNC(=NCCc1noc(-c2ccccn2)n1)N1CCC(CN(CC)CC)C1. The van der Waals surface area contributed by atoms with Crippen LogP contribution in [0.3, 0.4) is 0 Å². The summed E-state index contributed by atoms with van der Waals surface area (Å²) in [6, 6.07) is 5.63. The predicted molar refractivity (Wildman–Crippen MR) is 115 cm³/mol. The van der Waals surface area contributed by atoms with Crippen LogP contribution in [-0.2, 0) is 6.42 Å². The highest BCUT2D eigenvalue weighted by Gasteiger charge is 2.25. The fourth-order valence-corrected chi connectivity index (χ4v) is 3.66. The zero-order valence-corrected chi connectivity index (χ0v) is 17.8. The molecule has 0 amide bonds. The molecular formula is C21H33N7O. The van der Waals surface area contributed by atoms with Crippen LogP contribution in [0.15, 0.2) is 33.9 Å². The topological polar surface area (TPSA) is 82.7 Å². The van der Waals surface area contributed by atoms with Crippen molar-refractivity contribution in [3.8, 4) is 11.6 Å². The van der Waals surface area contributed by atoms with Crippen molar-refractivity contribution in [2.45, 2.75) is 33.6 Å². The van der Waals surface area contributed by atoms with Gasteiger partial charge in [0.1, 0.15) is 5.69 Å². The Morgan fingerprint density at radius 2 is 2.17 bits per heavy atom. The monoisotopic (exact) mass is 399 g/mol. The van der Waals surface area contributed by atoms with E-state index in [9.17, 15) is 0 Å². The molecule has 2 aromatic rings. The third-order valence-corrected chi connectivity index (χ3v) is 5.28. The normalized spacial score (nSPS) is 17.3. The van der Waals surface area contributed by atoms with Crippen LogP contribution in [0.5, 0.6) is 0 Å². The second-order valence-electron chi connectivity index (χ2n) is 7.30. The lowest BCUT2D eigenvalue weighted by molar-refractivity contribution is 0.255. The van der Waals surface area contributed by atoms with Gasteiger partial charge in [0.15, 0.2) is 11.8 Å². The smallest absolute Gasteiger partial charge is 0.276 e. The maximum Gasteiger partial charge on any atom is 0.276 e. The van der Waals surface area contributed by atoms with Crippen LogP contribution in [0.1, 0.15) is 33.0 Å². The van der Waals surface area contributed by atoms with E-state index in [0.717, 1.165) is 38.7 Å². The van der Waals surface area contributed by atoms with Crippen LogP contribution < -0.4 is 5.32 Å². The first kappa shape index (κ1) is 21.2. The average Bonchev–Trinajstić information content (AvgIpc) is 3.42. The maximum absolute atomic E-state index is 5.32. The number of hydrogen-bond acceptors (Lipinski definition) is 6. The van der Waals surface area contributed by atoms with Gasteiger partial charge in [-0.15, -0.1) is 0 Å². The summed E-state index contributed by atoms with van der Waals surface area (Å²) < 4.78 is 5.32. The van der Waals surface area contributed by atoms with Crippen molar-refractivity contribution < 1.29 is 4.52 Å². The Labute approximate surface area is 173 Å². The van der Waals surface area contributed by atoms with Gasteiger partial charge >= 0.3 is 0 Å². The predicted octanol–water partition coefficient (Wildman–Crippen LogP) is 2.30. The van der Waals surface area contributed by atoms with Crippen molar-refractivity contribution in [2.75, 3.05) is 45.8 Å². The van der Waals surface area contributed by atoms with Crippen molar-refractivity contribution in [1.29, 1.82) is 0 Å². The molecule has 1 unspecified atom stereocenters. The van der Waals surface area contributed by atoms with Crippen molar-refractivity contribution in [1.82, 2.24) is 30.2 Å². The third-order valence-electron chi connectivity index (χ3n) is 5.28. The Hall–Kier alpha value is -2.48. The van der Waals surface area contributed by atoms with Gasteiger partial charge in [-0.25, -0.2) is 0 Å². The number of pyridine rings is 1. The van der Waals surface area contributed by atoms with E-state index in [-0.39, 0.29) is 0 Å². The highest BCUT2D eigenvalue weighted by Crippen LogP contribution is 2.18. The summed E-state index contributed by atoms with van der Waals surface area (Å²) in [6.45, 7) is 13.6. The van der Waals surface area contributed by atoms with Crippen LogP contribution >= 0.6 is 0 Å². The zero-order chi connectivity index (χ0) is 20.5. The molecule has 2 aromatic heterocycles. The molecule has 0 bridgehead atoms. The molecule has 29 heavy (non-hydrogen) atoms. The van der Waals surface area contributed by atoms with Gasteiger partial charge in [-0.05, 0) is 44.5 Å². The Balaban J connectivity index is 1.54. The van der Waals surface area contributed by atoms with E-state index in [1.54, 1.807) is 6.20 Å². The first-order chi connectivity index (χ1) is 14.2. The van der Waals surface area contributed by atoms with E-state index in [2.05, 4.69) is 51.0 Å². The summed E-state index contributed by atoms with van der Waals surface area (Å²) in [5.74, 6) is 2.81. The van der Waals surface area contributed by atoms with Crippen LogP contribution in [0.25, 0.3) is 11.6 Å². The molecule has 0 aromatic carbocycles. The number of nitrogens with zero attached hydrogens (tertiary/aromatic N) is 6. The number of aliphatic imine (C=N–C) groups is 1. The van der Waals surface area contributed by atoms with E-state index in [1.807, 2.05) is 18.2 Å². The minimum absolute atomic E-state index is 0.454. The number of nitrogens with one attached hydrogen (secondary N) is 1. The molecule has 1 aliphatic rings. The molecular weight excluding hydrogens is 366 g/mol. The van der Waals surface area contributed by atoms with Gasteiger partial charge in [0, 0.05) is 45.3 Å². The molecule has 1 fully saturated rings. The van der Waals surface area contributed by atoms with Gasteiger partial charge in [0.2, 0.25) is 0 Å². The van der Waals surface area contributed by atoms with E-state index in [0.29, 0.717) is 36.3 Å². The third kappa shape index (κ3) is 6.00. The minimum atomic E-state index is 0.454. The first-order valence-electron chi connectivity index (χ1n) is 10.7. The van der Waals surface area contributed by atoms with E-state index in [1.165, 1.54) is 13.0 Å². The molecule has 0 spiro atoms. The first-order valence-corrected chi connectivity index (χ1v) is 10.7. The molecule has 8 nitrogen and oxygen atoms in total. The second-order valence-corrected chi connectivity index (χ2v) is 7.30. The number of hydrogen-bond donors (Lipinski definition) is 1. The summed E-state index contributed by atoms with van der Waals surface area (Å²) in [4.78, 5) is 18.4. The van der Waals surface area contributed by atoms with Gasteiger partial charge < -0.3 is 19.6 Å². The fraction of sp³-hybridized carbons (Fsp3) is 0.619. The lowest BCUT2D eigenvalue weighted by atomic mass is 10.1. The zero-order valence-electron chi connectivity index (χ0n) is 17.8. The van der Waals surface area contributed by atoms with Gasteiger partial charge in [0.05, 0.1) is 0 Å². The van der Waals surface area contributed by atoms with Crippen molar-refractivity contribution in [3.05, 3.63) is 30.2 Å². The Morgan fingerprint density at radius 3 is 2.90 bits per heavy atom. The Morgan fingerprint density at radius 1 is 1.31 bits per heavy atom. The largest absolute Gasteiger partial charge is 0.357 e. The summed E-state index contributed by atoms with van der Waals surface area (Å²) in [6.07, 6.45) is 3.58. The molecule has 0 saturated carbocycles. The molecule has 3 rings (SSSR count). The molecule has 0 aliphatic carbocycles. The number of aromatic nitrogens is 3. The lowest BCUT2D eigenvalue weighted by Crippen LogP contribution is -2.41. The minimum Gasteiger partial charge on any atom is -0.357 e. The van der Waals surface area contributed by atoms with Gasteiger partial charge in [0.25, 0.3) is 5.89 Å². The standard InChI is InChI=1S/C21H33N7O/c1-4-22-21(28-14-11-17(16-28)15-27(5-2)6-3)24-13-10-19-25-20(29-26-19)18-9-7-8-12-23-18/h7-9,12,17H,4-6,10-11,13-16H2,1-3H3,(H,22,24). The number of likely N-dealkylation sites (tertiary alicyclic amines) is 1. The van der Waals surface area contributed by atoms with Crippen LogP contribution in [0.2, 0.25) is 0 Å². The Kier molecular flexibility index (Phi) is 7.98. The van der Waals surface area contributed by atoms with Gasteiger partial charge in [-0.3, -0.25) is 9.98 Å². The summed E-state index contributed by atoms with van der Waals surface area (Å²) in [5, 5.41) is 7.49. The highest BCUT2D eigenvalue weighted by molar-refractivity contribution is 5.80. The van der Waals surface area contributed by atoms with E-state index < -0.39 is 0 Å². The lowest BCUT2D eigenvalue weighted by Gasteiger charge is -2.24. The maximum atomic E-state index is 5.32. The molecule has 1 atom stereocenters. The number of rotatable bonds is 9. The fourth-order valence-electron chi connectivity index (χ4n) is 3.66. The van der Waals surface area contributed by atoms with E-state index in [4.69, 9.17) is 9.52 Å². The highest BCUT2D eigenvalue weighted by atomic mass is 16.5. The molecule has 8 heteroatoms. The van der Waals surface area contributed by atoms with Crippen molar-refractivity contribution in [3.63, 3.8) is 0 Å². The molecule has 1 N–H and O–H groups in total. The quantitative estimate of drug-likeness (QED) is 0.512. The molecule has 1 saturated heterocycles. The van der Waals surface area contributed by atoms with Crippen molar-refractivity contribution in [2.24, 2.45) is 10.9 Å². The van der Waals surface area contributed by atoms with Crippen LogP contribution in [0, 0.1) is 5.92 Å². The van der Waals surface area contributed by atoms with E-state index >= 15 is 0 Å². The van der Waals surface area contributed by atoms with Crippen LogP contribution in [-0.4, -0.2) is 76.7 Å². The average molecular weight is 400 g/mol. The molecule has 158 valence electrons. The van der Waals surface area contributed by atoms with Gasteiger partial charge in [-0.1, -0.05) is 25.1 Å². The Bertz CT molecular complexity index is 757. The van der Waals surface area contributed by atoms with Crippen molar-refractivity contribution >= 4 is 5.96 Å². The molecule has 1 aliphatic heterocycles. The summed E-state index contributed by atoms with van der Waals surface area (Å²) >= 11 is 0. The molecule has 0 radical (unpaired) electrons. The second kappa shape index (κ2) is 10.9. The summed E-state index contributed by atoms with van der Waals surface area (Å²) in [5.41, 5.74) is 0.694. The van der Waals surface area contributed by atoms with Crippen LogP contribution in [0.4, 0.5) is 0 Å². The summed E-state index contributed by atoms with van der Waals surface area (Å²) in [7, 11) is 0.